The summed E-state index contributed by atoms with van der Waals surface area (Å²) in [4.78, 5) is 11.2. The predicted molar refractivity (Wildman–Crippen MR) is 86.8 cm³/mol. The molecule has 1 aromatic rings. The average Bonchev–Trinajstić information content (AvgIpc) is 2.48. The van der Waals surface area contributed by atoms with Gasteiger partial charge in [0.25, 0.3) is 0 Å². The van der Waals surface area contributed by atoms with Crippen molar-refractivity contribution in [2.45, 2.75) is 32.2 Å². The number of halogens is 1. The molecule has 0 aliphatic heterocycles. The first-order valence-corrected chi connectivity index (χ1v) is 7.76. The average molecular weight is 359 g/mol. The van der Waals surface area contributed by atoms with E-state index in [0.29, 0.717) is 24.5 Å². The Morgan fingerprint density at radius 3 is 2.76 bits per heavy atom. The molecule has 0 bridgehead atoms. The van der Waals surface area contributed by atoms with E-state index in [1.54, 1.807) is 14.2 Å². The van der Waals surface area contributed by atoms with E-state index in [1.165, 1.54) is 0 Å². The standard InChI is InChI=1S/C15H23BrN2O3/c1-4-11(17)7-10-8-12(16)15(13(9-10)20-3)21-6-5-14(19)18-2/h8-9,11H,4-7,17H2,1-3H3,(H,18,19). The zero-order valence-electron chi connectivity index (χ0n) is 12.7. The molecule has 0 fully saturated rings. The number of hydrogen-bond donors (Lipinski definition) is 2. The van der Waals surface area contributed by atoms with Crippen molar-refractivity contribution in [3.05, 3.63) is 22.2 Å². The fourth-order valence-electron chi connectivity index (χ4n) is 1.85. The lowest BCUT2D eigenvalue weighted by Crippen LogP contribution is -2.21. The fourth-order valence-corrected chi connectivity index (χ4v) is 2.45. The number of nitrogens with two attached hydrogens (primary N) is 1. The number of benzene rings is 1. The summed E-state index contributed by atoms with van der Waals surface area (Å²) in [5.41, 5.74) is 7.07. The molecule has 0 aliphatic carbocycles. The van der Waals surface area contributed by atoms with Crippen molar-refractivity contribution in [3.8, 4) is 11.5 Å². The maximum absolute atomic E-state index is 11.2. The molecule has 3 N–H and O–H groups in total. The SMILES string of the molecule is CCC(N)Cc1cc(Br)c(OCCC(=O)NC)c(OC)c1. The minimum absolute atomic E-state index is 0.0596. The summed E-state index contributed by atoms with van der Waals surface area (Å²) in [7, 11) is 3.20. The van der Waals surface area contributed by atoms with Crippen molar-refractivity contribution in [1.82, 2.24) is 5.32 Å². The Hall–Kier alpha value is -1.27. The van der Waals surface area contributed by atoms with Crippen LogP contribution < -0.4 is 20.5 Å². The van der Waals surface area contributed by atoms with Gasteiger partial charge in [-0.15, -0.1) is 0 Å². The molecule has 0 aliphatic rings. The van der Waals surface area contributed by atoms with Crippen molar-refractivity contribution in [2.75, 3.05) is 20.8 Å². The van der Waals surface area contributed by atoms with Crippen LogP contribution in [0.1, 0.15) is 25.3 Å². The van der Waals surface area contributed by atoms with Gasteiger partial charge in [-0.1, -0.05) is 6.92 Å². The van der Waals surface area contributed by atoms with Crippen LogP contribution in [0.5, 0.6) is 11.5 Å². The van der Waals surface area contributed by atoms with Crippen LogP contribution in [-0.4, -0.2) is 32.7 Å². The first-order chi connectivity index (χ1) is 10.0. The summed E-state index contributed by atoms with van der Waals surface area (Å²) in [5.74, 6) is 1.19. The molecule has 0 aromatic heterocycles. The van der Waals surface area contributed by atoms with Gasteiger partial charge in [0.1, 0.15) is 0 Å². The number of ether oxygens (including phenoxy) is 2. The molecule has 21 heavy (non-hydrogen) atoms. The zero-order valence-corrected chi connectivity index (χ0v) is 14.3. The van der Waals surface area contributed by atoms with Gasteiger partial charge in [0, 0.05) is 13.1 Å². The third kappa shape index (κ3) is 5.55. The summed E-state index contributed by atoms with van der Waals surface area (Å²) >= 11 is 3.49. The predicted octanol–water partition coefficient (Wildman–Crippen LogP) is 2.25. The molecular formula is C15H23BrN2O3. The van der Waals surface area contributed by atoms with Crippen molar-refractivity contribution in [1.29, 1.82) is 0 Å². The van der Waals surface area contributed by atoms with Crippen molar-refractivity contribution in [2.24, 2.45) is 5.73 Å². The van der Waals surface area contributed by atoms with Crippen LogP contribution in [0.3, 0.4) is 0 Å². The normalized spacial score (nSPS) is 11.9. The highest BCUT2D eigenvalue weighted by atomic mass is 79.9. The molecule has 118 valence electrons. The molecule has 1 unspecified atom stereocenters. The maximum Gasteiger partial charge on any atom is 0.223 e. The second-order valence-electron chi connectivity index (χ2n) is 4.75. The highest BCUT2D eigenvalue weighted by molar-refractivity contribution is 9.10. The second-order valence-corrected chi connectivity index (χ2v) is 5.61. The molecule has 1 amide bonds. The molecule has 5 nitrogen and oxygen atoms in total. The molecule has 1 atom stereocenters. The summed E-state index contributed by atoms with van der Waals surface area (Å²) in [6.07, 6.45) is 2.00. The van der Waals surface area contributed by atoms with E-state index in [0.717, 1.165) is 22.9 Å². The third-order valence-electron chi connectivity index (χ3n) is 3.17. The molecule has 1 aromatic carbocycles. The Morgan fingerprint density at radius 2 is 2.19 bits per heavy atom. The molecule has 6 heteroatoms. The summed E-state index contributed by atoms with van der Waals surface area (Å²) in [6, 6.07) is 4.03. The number of rotatable bonds is 8. The number of amides is 1. The Balaban J connectivity index is 2.82. The van der Waals surface area contributed by atoms with Crippen LogP contribution >= 0.6 is 15.9 Å². The van der Waals surface area contributed by atoms with Gasteiger partial charge in [-0.25, -0.2) is 0 Å². The minimum atomic E-state index is -0.0596. The lowest BCUT2D eigenvalue weighted by molar-refractivity contribution is -0.121. The summed E-state index contributed by atoms with van der Waals surface area (Å²) < 4.78 is 11.8. The summed E-state index contributed by atoms with van der Waals surface area (Å²) in [6.45, 7) is 2.36. The van der Waals surface area contributed by atoms with Crippen molar-refractivity contribution in [3.63, 3.8) is 0 Å². The molecule has 0 radical (unpaired) electrons. The van der Waals surface area contributed by atoms with Crippen LogP contribution in [0.15, 0.2) is 16.6 Å². The van der Waals surface area contributed by atoms with E-state index in [-0.39, 0.29) is 11.9 Å². The lowest BCUT2D eigenvalue weighted by Gasteiger charge is -2.15. The molecule has 0 heterocycles. The van der Waals surface area contributed by atoms with Gasteiger partial charge in [-0.2, -0.15) is 0 Å². The summed E-state index contributed by atoms with van der Waals surface area (Å²) in [5, 5.41) is 2.56. The van der Waals surface area contributed by atoms with Gasteiger partial charge in [0.05, 0.1) is 24.6 Å². The Labute approximate surface area is 134 Å². The molecule has 0 saturated carbocycles. The van der Waals surface area contributed by atoms with E-state index in [9.17, 15) is 4.79 Å². The number of nitrogens with one attached hydrogen (secondary N) is 1. The first kappa shape index (κ1) is 17.8. The quantitative estimate of drug-likeness (QED) is 0.747. The van der Waals surface area contributed by atoms with Gasteiger partial charge >= 0.3 is 0 Å². The first-order valence-electron chi connectivity index (χ1n) is 6.97. The molecule has 0 saturated heterocycles. The van der Waals surface area contributed by atoms with Gasteiger partial charge in [0.15, 0.2) is 11.5 Å². The largest absolute Gasteiger partial charge is 0.493 e. The van der Waals surface area contributed by atoms with Gasteiger partial charge in [0.2, 0.25) is 5.91 Å². The third-order valence-corrected chi connectivity index (χ3v) is 3.75. The topological polar surface area (TPSA) is 73.6 Å². The van der Waals surface area contributed by atoms with E-state index in [4.69, 9.17) is 15.2 Å². The monoisotopic (exact) mass is 358 g/mol. The van der Waals surface area contributed by atoms with Crippen molar-refractivity contribution < 1.29 is 14.3 Å². The van der Waals surface area contributed by atoms with Gasteiger partial charge in [-0.05, 0) is 46.5 Å². The van der Waals surface area contributed by atoms with E-state index in [2.05, 4.69) is 28.2 Å². The molecule has 0 spiro atoms. The number of carbonyl (C=O) groups is 1. The number of carbonyl (C=O) groups excluding carboxylic acids is 1. The van der Waals surface area contributed by atoms with E-state index >= 15 is 0 Å². The Kier molecular flexibility index (Phi) is 7.53. The number of methoxy groups -OCH3 is 1. The molecular weight excluding hydrogens is 336 g/mol. The Bertz CT molecular complexity index is 480. The zero-order chi connectivity index (χ0) is 15.8. The highest BCUT2D eigenvalue weighted by Crippen LogP contribution is 2.37. The maximum atomic E-state index is 11.2. The van der Waals surface area contributed by atoms with Crippen molar-refractivity contribution >= 4 is 21.8 Å². The Morgan fingerprint density at radius 1 is 1.48 bits per heavy atom. The van der Waals surface area contributed by atoms with Crippen LogP contribution in [0, 0.1) is 0 Å². The van der Waals surface area contributed by atoms with E-state index in [1.807, 2.05) is 12.1 Å². The highest BCUT2D eigenvalue weighted by Gasteiger charge is 2.13. The van der Waals surface area contributed by atoms with Crippen LogP contribution in [0.4, 0.5) is 0 Å². The van der Waals surface area contributed by atoms with Gasteiger partial charge < -0.3 is 20.5 Å². The fraction of sp³-hybridized carbons (Fsp3) is 0.533. The number of hydrogen-bond acceptors (Lipinski definition) is 4. The second kappa shape index (κ2) is 8.89. The molecule has 1 rings (SSSR count). The lowest BCUT2D eigenvalue weighted by atomic mass is 10.0. The van der Waals surface area contributed by atoms with Crippen LogP contribution in [0.25, 0.3) is 0 Å². The van der Waals surface area contributed by atoms with Crippen LogP contribution in [-0.2, 0) is 11.2 Å². The minimum Gasteiger partial charge on any atom is -0.493 e. The van der Waals surface area contributed by atoms with Gasteiger partial charge in [-0.3, -0.25) is 4.79 Å². The van der Waals surface area contributed by atoms with E-state index < -0.39 is 0 Å². The van der Waals surface area contributed by atoms with Crippen LogP contribution in [0.2, 0.25) is 0 Å². The smallest absolute Gasteiger partial charge is 0.223 e.